The maximum absolute atomic E-state index is 2.43. The molecule has 12 aromatic rings. The van der Waals surface area contributed by atoms with Crippen LogP contribution in [-0.4, -0.2) is 9.13 Å². The van der Waals surface area contributed by atoms with Gasteiger partial charge in [0.25, 0.3) is 0 Å². The lowest BCUT2D eigenvalue weighted by Gasteiger charge is -2.11. The number of aromatic nitrogens is 2. The lowest BCUT2D eigenvalue weighted by molar-refractivity contribution is 1.18. The summed E-state index contributed by atoms with van der Waals surface area (Å²) in [5.41, 5.74) is 20.1. The lowest BCUT2D eigenvalue weighted by Crippen LogP contribution is -1.94. The largest absolute Gasteiger partial charge is 0.309 e. The molecule has 1 aliphatic rings. The van der Waals surface area contributed by atoms with E-state index in [1.807, 2.05) is 0 Å². The molecule has 284 valence electrons. The molecule has 0 amide bonds. The average Bonchev–Trinajstić information content (AvgIpc) is 3.99. The topological polar surface area (TPSA) is 9.86 Å². The first-order valence-electron chi connectivity index (χ1n) is 21.2. The smallest absolute Gasteiger partial charge is 0.0541 e. The molecule has 0 N–H and O–H groups in total. The number of fused-ring (bicyclic) bond motifs is 10. The molecule has 0 spiro atoms. The van der Waals surface area contributed by atoms with Gasteiger partial charge in [0.15, 0.2) is 0 Å². The second-order valence-corrected chi connectivity index (χ2v) is 16.5. The Morgan fingerprint density at radius 1 is 0.279 bits per heavy atom. The molecule has 2 nitrogen and oxygen atoms in total. The predicted octanol–water partition coefficient (Wildman–Crippen LogP) is 15.6. The van der Waals surface area contributed by atoms with Crippen LogP contribution in [0.5, 0.6) is 0 Å². The van der Waals surface area contributed by atoms with Gasteiger partial charge < -0.3 is 9.13 Å². The second kappa shape index (κ2) is 13.3. The SMILES string of the molecule is c1ccc(-n2c3ccc(-c4ccc5c(c4)c4ccccc4n5-c4ccc(-c5ccc6ccccc6c5)cc4)cc3c3cc(-c4cccc5c4-c4ccccc4C5)ccc32)cc1. The molecule has 0 saturated heterocycles. The van der Waals surface area contributed by atoms with E-state index in [0.29, 0.717) is 0 Å². The van der Waals surface area contributed by atoms with E-state index in [9.17, 15) is 0 Å². The third-order valence-electron chi connectivity index (χ3n) is 13.1. The van der Waals surface area contributed by atoms with E-state index in [-0.39, 0.29) is 0 Å². The highest BCUT2D eigenvalue weighted by Gasteiger charge is 2.23. The van der Waals surface area contributed by atoms with Crippen LogP contribution in [0.15, 0.2) is 218 Å². The van der Waals surface area contributed by atoms with Crippen molar-refractivity contribution in [3.8, 4) is 55.9 Å². The summed E-state index contributed by atoms with van der Waals surface area (Å²) < 4.78 is 4.83. The van der Waals surface area contributed by atoms with Crippen LogP contribution in [0.4, 0.5) is 0 Å². The van der Waals surface area contributed by atoms with Crippen molar-refractivity contribution in [1.29, 1.82) is 0 Å². The van der Waals surface area contributed by atoms with Crippen LogP contribution in [0.25, 0.3) is 110 Å². The first-order valence-corrected chi connectivity index (χ1v) is 21.2. The van der Waals surface area contributed by atoms with Gasteiger partial charge in [0.2, 0.25) is 0 Å². The van der Waals surface area contributed by atoms with Crippen LogP contribution in [-0.2, 0) is 6.42 Å². The quantitative estimate of drug-likeness (QED) is 0.165. The van der Waals surface area contributed by atoms with Crippen LogP contribution in [0.1, 0.15) is 11.1 Å². The maximum atomic E-state index is 2.43. The van der Waals surface area contributed by atoms with Gasteiger partial charge in [-0.05, 0) is 146 Å². The van der Waals surface area contributed by atoms with Gasteiger partial charge in [-0.3, -0.25) is 0 Å². The Hall–Kier alpha value is -7.94. The van der Waals surface area contributed by atoms with Gasteiger partial charge in [-0.2, -0.15) is 0 Å². The summed E-state index contributed by atoms with van der Waals surface area (Å²) >= 11 is 0. The molecule has 10 aromatic carbocycles. The number of nitrogens with zero attached hydrogens (tertiary/aromatic N) is 2. The fourth-order valence-electron chi connectivity index (χ4n) is 10.3. The van der Waals surface area contributed by atoms with Gasteiger partial charge in [0.1, 0.15) is 0 Å². The van der Waals surface area contributed by atoms with Crippen molar-refractivity contribution in [3.05, 3.63) is 230 Å². The van der Waals surface area contributed by atoms with Crippen molar-refractivity contribution in [2.24, 2.45) is 0 Å². The highest BCUT2D eigenvalue weighted by Crippen LogP contribution is 2.45. The van der Waals surface area contributed by atoms with E-state index in [4.69, 9.17) is 0 Å². The van der Waals surface area contributed by atoms with Crippen LogP contribution >= 0.6 is 0 Å². The highest BCUT2D eigenvalue weighted by molar-refractivity contribution is 6.13. The summed E-state index contributed by atoms with van der Waals surface area (Å²) in [6.45, 7) is 0. The predicted molar refractivity (Wildman–Crippen MR) is 257 cm³/mol. The standard InChI is InChI=1S/C59H38N2/c1-2-15-47(16-3-1)60-57-31-26-43(36-53(57)54-37-45(27-32-58(54)60)50-19-10-14-46-34-44-13-6-7-17-49(44)59(46)50)42-25-30-56-52(35-42)51-18-8-9-20-55(51)61(56)48-28-23-39(24-29-48)41-22-21-38-11-4-5-12-40(38)33-41/h1-33,35-37H,34H2. The number of para-hydroxylation sites is 2. The maximum Gasteiger partial charge on any atom is 0.0541 e. The normalized spacial score (nSPS) is 12.2. The van der Waals surface area contributed by atoms with Gasteiger partial charge in [-0.15, -0.1) is 0 Å². The number of rotatable bonds is 5. The molecular formula is C59H38N2. The van der Waals surface area contributed by atoms with E-state index in [1.54, 1.807) is 0 Å². The Kier molecular flexibility index (Phi) is 7.40. The fourth-order valence-corrected chi connectivity index (χ4v) is 10.3. The molecule has 1 aliphatic carbocycles. The Bertz CT molecular complexity index is 3710. The average molecular weight is 775 g/mol. The highest BCUT2D eigenvalue weighted by atomic mass is 15.0. The number of hydrogen-bond donors (Lipinski definition) is 0. The summed E-state index contributed by atoms with van der Waals surface area (Å²) in [7, 11) is 0. The van der Waals surface area contributed by atoms with Crippen molar-refractivity contribution in [3.63, 3.8) is 0 Å². The Labute approximate surface area is 353 Å². The zero-order chi connectivity index (χ0) is 40.0. The minimum Gasteiger partial charge on any atom is -0.309 e. The van der Waals surface area contributed by atoms with Crippen LogP contribution in [0.2, 0.25) is 0 Å². The van der Waals surface area contributed by atoms with Gasteiger partial charge in [-0.1, -0.05) is 146 Å². The monoisotopic (exact) mass is 774 g/mol. The molecule has 0 unspecified atom stereocenters. The van der Waals surface area contributed by atoms with Crippen LogP contribution < -0.4 is 0 Å². The number of hydrogen-bond acceptors (Lipinski definition) is 0. The zero-order valence-electron chi connectivity index (χ0n) is 33.4. The summed E-state index contributed by atoms with van der Waals surface area (Å²) in [5, 5.41) is 7.53. The molecule has 0 fully saturated rings. The van der Waals surface area contributed by atoms with Crippen LogP contribution in [0, 0.1) is 0 Å². The molecular weight excluding hydrogens is 737 g/mol. The van der Waals surface area contributed by atoms with Crippen molar-refractivity contribution >= 4 is 54.4 Å². The molecule has 0 bridgehead atoms. The summed E-state index contributed by atoms with van der Waals surface area (Å²) in [6, 6.07) is 80.7. The molecule has 2 heteroatoms. The number of benzene rings is 10. The van der Waals surface area contributed by atoms with E-state index in [0.717, 1.165) is 17.8 Å². The summed E-state index contributed by atoms with van der Waals surface area (Å²) in [5.74, 6) is 0. The minimum absolute atomic E-state index is 0.986. The Morgan fingerprint density at radius 2 is 0.787 bits per heavy atom. The molecule has 2 heterocycles. The first kappa shape index (κ1) is 34.0. The molecule has 13 rings (SSSR count). The molecule has 0 saturated carbocycles. The van der Waals surface area contributed by atoms with Crippen molar-refractivity contribution in [2.45, 2.75) is 6.42 Å². The second-order valence-electron chi connectivity index (χ2n) is 16.5. The fraction of sp³-hybridized carbons (Fsp3) is 0.0169. The van der Waals surface area contributed by atoms with Gasteiger partial charge >= 0.3 is 0 Å². The van der Waals surface area contributed by atoms with Crippen molar-refractivity contribution in [2.75, 3.05) is 0 Å². The molecule has 2 aromatic heterocycles. The first-order chi connectivity index (χ1) is 30.2. The minimum atomic E-state index is 0.986. The summed E-state index contributed by atoms with van der Waals surface area (Å²) in [4.78, 5) is 0. The summed E-state index contributed by atoms with van der Waals surface area (Å²) in [6.07, 6.45) is 0.986. The van der Waals surface area contributed by atoms with Gasteiger partial charge in [0.05, 0.1) is 22.1 Å². The molecule has 0 atom stereocenters. The van der Waals surface area contributed by atoms with Gasteiger partial charge in [-0.25, -0.2) is 0 Å². The van der Waals surface area contributed by atoms with Crippen molar-refractivity contribution in [1.82, 2.24) is 9.13 Å². The van der Waals surface area contributed by atoms with Crippen molar-refractivity contribution < 1.29 is 0 Å². The Balaban J connectivity index is 0.949. The zero-order valence-corrected chi connectivity index (χ0v) is 33.4. The third kappa shape index (κ3) is 5.29. The van der Waals surface area contributed by atoms with Gasteiger partial charge in [0, 0.05) is 32.9 Å². The van der Waals surface area contributed by atoms with E-state index < -0.39 is 0 Å². The molecule has 0 radical (unpaired) electrons. The molecule has 61 heavy (non-hydrogen) atoms. The van der Waals surface area contributed by atoms with Crippen LogP contribution in [0.3, 0.4) is 0 Å². The third-order valence-corrected chi connectivity index (χ3v) is 13.1. The Morgan fingerprint density at radius 3 is 1.56 bits per heavy atom. The van der Waals surface area contributed by atoms with E-state index >= 15 is 0 Å². The van der Waals surface area contributed by atoms with E-state index in [2.05, 4.69) is 228 Å². The molecule has 0 aliphatic heterocycles. The van der Waals surface area contributed by atoms with E-state index in [1.165, 1.54) is 110 Å². The lowest BCUT2D eigenvalue weighted by atomic mass is 9.93.